The van der Waals surface area contributed by atoms with Crippen molar-refractivity contribution in [2.24, 2.45) is 5.73 Å². The van der Waals surface area contributed by atoms with E-state index < -0.39 is 11.4 Å². The highest BCUT2D eigenvalue weighted by atomic mass is 32.1. The molecule has 4 heterocycles. The second-order valence-corrected chi connectivity index (χ2v) is 11.3. The monoisotopic (exact) mass is 554 g/mol. The van der Waals surface area contributed by atoms with Crippen LogP contribution in [0.5, 0.6) is 5.75 Å². The lowest BCUT2D eigenvalue weighted by Crippen LogP contribution is -2.61. The fraction of sp³-hybridized carbons (Fsp3) is 0.464. The molecule has 2 aliphatic rings. The minimum atomic E-state index is -1.22. The van der Waals surface area contributed by atoms with Crippen LogP contribution in [0.3, 0.4) is 0 Å². The highest BCUT2D eigenvalue weighted by molar-refractivity contribution is 7.20. The maximum Gasteiger partial charge on any atom is 0.259 e. The lowest BCUT2D eigenvalue weighted by atomic mass is 9.98. The number of primary amides is 1. The van der Waals surface area contributed by atoms with Gasteiger partial charge in [-0.2, -0.15) is 0 Å². The molecule has 2 N–H and O–H groups in total. The summed E-state index contributed by atoms with van der Waals surface area (Å²) in [4.78, 5) is 35.1. The number of thiophene rings is 1. The summed E-state index contributed by atoms with van der Waals surface area (Å²) in [6.07, 6.45) is 4.32. The van der Waals surface area contributed by atoms with E-state index in [-0.39, 0.29) is 24.8 Å². The van der Waals surface area contributed by atoms with Gasteiger partial charge in [0.05, 0.1) is 43.1 Å². The molecule has 2 amide bonds. The second-order valence-electron chi connectivity index (χ2n) is 10.3. The van der Waals surface area contributed by atoms with Gasteiger partial charge in [-0.15, -0.1) is 11.3 Å². The fourth-order valence-corrected chi connectivity index (χ4v) is 6.28. The average Bonchev–Trinajstić information content (AvgIpc) is 3.58. The number of oxazole rings is 1. The minimum absolute atomic E-state index is 0.0191. The Kier molecular flexibility index (Phi) is 7.66. The fourth-order valence-electron chi connectivity index (χ4n) is 5.04. The van der Waals surface area contributed by atoms with E-state index in [0.717, 1.165) is 39.6 Å². The van der Waals surface area contributed by atoms with Crippen LogP contribution in [0.4, 0.5) is 5.00 Å². The summed E-state index contributed by atoms with van der Waals surface area (Å²) in [5.74, 6) is 0.329. The van der Waals surface area contributed by atoms with Gasteiger partial charge in [-0.1, -0.05) is 18.2 Å². The van der Waals surface area contributed by atoms with Gasteiger partial charge in [0.2, 0.25) is 11.8 Å². The number of aromatic nitrogens is 1. The van der Waals surface area contributed by atoms with Crippen LogP contribution >= 0.6 is 11.3 Å². The number of para-hydroxylation sites is 1. The number of ether oxygens (including phenoxy) is 3. The molecule has 1 fully saturated rings. The Morgan fingerprint density at radius 3 is 2.69 bits per heavy atom. The lowest BCUT2D eigenvalue weighted by molar-refractivity contribution is -0.127. The molecule has 0 bridgehead atoms. The number of fused-ring (bicyclic) bond motifs is 1. The van der Waals surface area contributed by atoms with E-state index in [4.69, 9.17) is 24.4 Å². The molecule has 1 saturated heterocycles. The smallest absolute Gasteiger partial charge is 0.259 e. The molecule has 0 unspecified atom stereocenters. The number of hydrogen-bond acceptors (Lipinski definition) is 9. The standard InChI is InChI=1S/C28H34N4O6S/c1-17-22-25(33)32(28(2,3)27(29)34)16-31(26(22)39-23(17)24-30-11-14-37-24)15-21(38-18-9-12-36-13-10-18)19-7-5-6-8-20(19)35-4/h5-8,11,14,18,21H,9-10,12-13,15-16H2,1-4H3,(H2,29,34)/t21-/m0/s1. The van der Waals surface area contributed by atoms with E-state index in [1.807, 2.05) is 31.2 Å². The van der Waals surface area contributed by atoms with Crippen molar-refractivity contribution < 1.29 is 28.2 Å². The topological polar surface area (TPSA) is 120 Å². The first kappa shape index (κ1) is 27.2. The third-order valence-electron chi connectivity index (χ3n) is 7.49. The van der Waals surface area contributed by atoms with E-state index in [9.17, 15) is 9.59 Å². The van der Waals surface area contributed by atoms with E-state index >= 15 is 0 Å². The highest BCUT2D eigenvalue weighted by Crippen LogP contribution is 2.46. The van der Waals surface area contributed by atoms with Crippen LogP contribution in [-0.2, 0) is 14.3 Å². The number of nitrogens with two attached hydrogens (primary N) is 1. The van der Waals surface area contributed by atoms with Gasteiger partial charge in [0.15, 0.2) is 0 Å². The Morgan fingerprint density at radius 1 is 1.28 bits per heavy atom. The van der Waals surface area contributed by atoms with Crippen LogP contribution in [0.2, 0.25) is 0 Å². The predicted octanol–water partition coefficient (Wildman–Crippen LogP) is 4.14. The number of anilines is 1. The molecule has 39 heavy (non-hydrogen) atoms. The molecular weight excluding hydrogens is 520 g/mol. The molecule has 1 aromatic carbocycles. The van der Waals surface area contributed by atoms with Gasteiger partial charge in [0.25, 0.3) is 5.91 Å². The average molecular weight is 555 g/mol. The molecule has 0 spiro atoms. The molecule has 5 rings (SSSR count). The predicted molar refractivity (Wildman–Crippen MR) is 147 cm³/mol. The number of methoxy groups -OCH3 is 1. The summed E-state index contributed by atoms with van der Waals surface area (Å²) in [6.45, 7) is 7.09. The summed E-state index contributed by atoms with van der Waals surface area (Å²) < 4.78 is 23.6. The van der Waals surface area contributed by atoms with Gasteiger partial charge in [-0.25, -0.2) is 4.98 Å². The quantitative estimate of drug-likeness (QED) is 0.419. The van der Waals surface area contributed by atoms with Crippen LogP contribution in [0.15, 0.2) is 41.1 Å². The lowest BCUT2D eigenvalue weighted by Gasteiger charge is -2.44. The van der Waals surface area contributed by atoms with Crippen molar-refractivity contribution in [3.8, 4) is 16.5 Å². The summed E-state index contributed by atoms with van der Waals surface area (Å²) in [5.41, 5.74) is 6.73. The van der Waals surface area contributed by atoms with Crippen molar-refractivity contribution in [3.05, 3.63) is 53.4 Å². The Labute approximate surface area is 231 Å². The summed E-state index contributed by atoms with van der Waals surface area (Å²) >= 11 is 1.44. The van der Waals surface area contributed by atoms with Crippen molar-refractivity contribution in [1.29, 1.82) is 0 Å². The molecule has 0 aliphatic carbocycles. The number of nitrogens with zero attached hydrogens (tertiary/aromatic N) is 3. The number of carbonyl (C=O) groups is 2. The number of rotatable bonds is 9. The Bertz CT molecular complexity index is 1330. The molecule has 0 radical (unpaired) electrons. The Hall–Kier alpha value is -3.41. The van der Waals surface area contributed by atoms with Crippen LogP contribution in [0, 0.1) is 6.92 Å². The highest BCUT2D eigenvalue weighted by Gasteiger charge is 2.44. The first-order chi connectivity index (χ1) is 18.7. The zero-order valence-electron chi connectivity index (χ0n) is 22.6. The molecule has 11 heteroatoms. The van der Waals surface area contributed by atoms with E-state index in [2.05, 4.69) is 9.88 Å². The van der Waals surface area contributed by atoms with Crippen LogP contribution in [0.1, 0.15) is 54.3 Å². The second kappa shape index (κ2) is 11.0. The van der Waals surface area contributed by atoms with Crippen molar-refractivity contribution in [1.82, 2.24) is 9.88 Å². The van der Waals surface area contributed by atoms with Gasteiger partial charge >= 0.3 is 0 Å². The zero-order chi connectivity index (χ0) is 27.7. The maximum absolute atomic E-state index is 13.9. The van der Waals surface area contributed by atoms with Gasteiger partial charge in [0, 0.05) is 18.8 Å². The molecule has 10 nitrogen and oxygen atoms in total. The summed E-state index contributed by atoms with van der Waals surface area (Å²) in [5, 5.41) is 0.776. The number of carbonyl (C=O) groups excluding carboxylic acids is 2. The first-order valence-corrected chi connectivity index (χ1v) is 13.8. The summed E-state index contributed by atoms with van der Waals surface area (Å²) in [7, 11) is 1.64. The Morgan fingerprint density at radius 2 is 2.03 bits per heavy atom. The normalized spacial score (nSPS) is 17.3. The van der Waals surface area contributed by atoms with Crippen LogP contribution < -0.4 is 15.4 Å². The van der Waals surface area contributed by atoms with Crippen LogP contribution in [-0.4, -0.2) is 66.9 Å². The van der Waals surface area contributed by atoms with Gasteiger partial charge in [-0.05, 0) is 45.2 Å². The SMILES string of the molecule is COc1ccccc1[C@H](CN1CN(C(C)(C)C(N)=O)C(=O)c2c1sc(-c1ncco1)c2C)OC1CCOCC1. The molecule has 208 valence electrons. The first-order valence-electron chi connectivity index (χ1n) is 13.0. The third kappa shape index (κ3) is 5.13. The maximum atomic E-state index is 13.9. The van der Waals surface area contributed by atoms with E-state index in [1.165, 1.54) is 22.5 Å². The summed E-state index contributed by atoms with van der Waals surface area (Å²) in [6, 6.07) is 7.80. The van der Waals surface area contributed by atoms with Gasteiger partial charge < -0.3 is 34.2 Å². The minimum Gasteiger partial charge on any atom is -0.496 e. The van der Waals surface area contributed by atoms with E-state index in [0.29, 0.717) is 31.2 Å². The molecule has 2 aliphatic heterocycles. The molecular formula is C28H34N4O6S. The molecule has 2 aromatic heterocycles. The number of hydrogen-bond donors (Lipinski definition) is 1. The Balaban J connectivity index is 1.59. The van der Waals surface area contributed by atoms with E-state index in [1.54, 1.807) is 27.2 Å². The van der Waals surface area contributed by atoms with Crippen molar-refractivity contribution in [2.75, 3.05) is 38.4 Å². The van der Waals surface area contributed by atoms with Crippen molar-refractivity contribution in [2.45, 2.75) is 51.4 Å². The largest absolute Gasteiger partial charge is 0.496 e. The molecule has 1 atom stereocenters. The van der Waals surface area contributed by atoms with Crippen molar-refractivity contribution in [3.63, 3.8) is 0 Å². The van der Waals surface area contributed by atoms with Crippen LogP contribution in [0.25, 0.3) is 10.8 Å². The van der Waals surface area contributed by atoms with Gasteiger partial charge in [-0.3, -0.25) is 9.59 Å². The number of amides is 2. The van der Waals surface area contributed by atoms with Crippen molar-refractivity contribution >= 4 is 28.2 Å². The molecule has 3 aromatic rings. The van der Waals surface area contributed by atoms with Gasteiger partial charge in [0.1, 0.15) is 28.7 Å². The third-order valence-corrected chi connectivity index (χ3v) is 8.83. The number of benzene rings is 1. The zero-order valence-corrected chi connectivity index (χ0v) is 23.5. The molecule has 0 saturated carbocycles.